The molecule has 2 rings (SSSR count). The van der Waals surface area contributed by atoms with Crippen molar-refractivity contribution in [3.63, 3.8) is 0 Å². The van der Waals surface area contributed by atoms with Crippen molar-refractivity contribution < 1.29 is 13.6 Å². The van der Waals surface area contributed by atoms with Crippen LogP contribution < -0.4 is 11.1 Å². The van der Waals surface area contributed by atoms with Gasteiger partial charge in [0.25, 0.3) is 5.91 Å². The molecule has 104 valence electrons. The van der Waals surface area contributed by atoms with Crippen LogP contribution >= 0.6 is 27.5 Å². The number of nitrogen functional groups attached to an aromatic ring is 1. The molecule has 0 saturated heterocycles. The van der Waals surface area contributed by atoms with Gasteiger partial charge in [0, 0.05) is 15.7 Å². The summed E-state index contributed by atoms with van der Waals surface area (Å²) in [6, 6.07) is 6.46. The summed E-state index contributed by atoms with van der Waals surface area (Å²) in [5.41, 5.74) is 4.79. The van der Waals surface area contributed by atoms with Gasteiger partial charge >= 0.3 is 0 Å². The molecule has 0 aliphatic carbocycles. The Morgan fingerprint density at radius 3 is 2.35 bits per heavy atom. The summed E-state index contributed by atoms with van der Waals surface area (Å²) >= 11 is 9.03. The number of rotatable bonds is 2. The quantitative estimate of drug-likeness (QED) is 0.787. The number of carbonyl (C=O) groups excluding carboxylic acids is 1. The van der Waals surface area contributed by atoms with Gasteiger partial charge < -0.3 is 11.1 Å². The van der Waals surface area contributed by atoms with Crippen LogP contribution in [0.1, 0.15) is 10.4 Å². The van der Waals surface area contributed by atoms with E-state index >= 15 is 0 Å². The highest BCUT2D eigenvalue weighted by Gasteiger charge is 2.13. The summed E-state index contributed by atoms with van der Waals surface area (Å²) in [6.07, 6.45) is 0. The minimum absolute atomic E-state index is 0.166. The molecule has 2 aromatic rings. The van der Waals surface area contributed by atoms with E-state index in [9.17, 15) is 13.6 Å². The second kappa shape index (κ2) is 5.76. The monoisotopic (exact) mass is 360 g/mol. The maximum atomic E-state index is 13.3. The summed E-state index contributed by atoms with van der Waals surface area (Å²) in [4.78, 5) is 11.9. The van der Waals surface area contributed by atoms with E-state index in [0.29, 0.717) is 15.2 Å². The second-order valence-corrected chi connectivity index (χ2v) is 5.20. The van der Waals surface area contributed by atoms with Crippen LogP contribution in [0.2, 0.25) is 5.02 Å². The van der Waals surface area contributed by atoms with E-state index < -0.39 is 23.2 Å². The fourth-order valence-corrected chi connectivity index (χ4v) is 1.99. The molecule has 0 saturated carbocycles. The van der Waals surface area contributed by atoms with Crippen LogP contribution in [0.25, 0.3) is 0 Å². The van der Waals surface area contributed by atoms with E-state index in [1.807, 2.05) is 0 Å². The predicted molar refractivity (Wildman–Crippen MR) is 77.9 cm³/mol. The first-order chi connectivity index (χ1) is 9.38. The zero-order chi connectivity index (χ0) is 14.9. The van der Waals surface area contributed by atoms with Crippen LogP contribution in [0.5, 0.6) is 0 Å². The molecule has 7 heteroatoms. The lowest BCUT2D eigenvalue weighted by Crippen LogP contribution is -2.13. The Kier molecular flexibility index (Phi) is 4.25. The van der Waals surface area contributed by atoms with Crippen LogP contribution in [0.15, 0.2) is 34.8 Å². The SMILES string of the molecule is Nc1c(F)cc(C(=O)Nc2ccc(Cl)c(Br)c2)cc1F. The number of nitrogens with two attached hydrogens (primary N) is 1. The van der Waals surface area contributed by atoms with Gasteiger partial charge in [0.15, 0.2) is 0 Å². The molecule has 20 heavy (non-hydrogen) atoms. The van der Waals surface area contributed by atoms with Crippen molar-refractivity contribution in [2.24, 2.45) is 0 Å². The van der Waals surface area contributed by atoms with Crippen LogP contribution in [-0.4, -0.2) is 5.91 Å². The van der Waals surface area contributed by atoms with E-state index in [1.165, 1.54) is 0 Å². The third kappa shape index (κ3) is 3.08. The third-order valence-corrected chi connectivity index (χ3v) is 3.73. The van der Waals surface area contributed by atoms with Crippen molar-refractivity contribution in [2.75, 3.05) is 11.1 Å². The largest absolute Gasteiger partial charge is 0.394 e. The lowest BCUT2D eigenvalue weighted by molar-refractivity contribution is 0.102. The number of hydrogen-bond donors (Lipinski definition) is 2. The minimum atomic E-state index is -0.979. The van der Waals surface area contributed by atoms with Crippen molar-refractivity contribution in [3.8, 4) is 0 Å². The minimum Gasteiger partial charge on any atom is -0.394 e. The Hall–Kier alpha value is -1.66. The summed E-state index contributed by atoms with van der Waals surface area (Å²) in [7, 11) is 0. The molecule has 0 atom stereocenters. The molecular weight excluding hydrogens is 354 g/mol. The Balaban J connectivity index is 2.26. The second-order valence-electron chi connectivity index (χ2n) is 3.94. The van der Waals surface area contributed by atoms with E-state index in [1.54, 1.807) is 18.2 Å². The Morgan fingerprint density at radius 1 is 1.20 bits per heavy atom. The molecule has 0 radical (unpaired) electrons. The lowest BCUT2D eigenvalue weighted by atomic mass is 10.1. The molecule has 0 heterocycles. The van der Waals surface area contributed by atoms with Gasteiger partial charge in [-0.15, -0.1) is 0 Å². The van der Waals surface area contributed by atoms with Crippen LogP contribution in [0.3, 0.4) is 0 Å². The fraction of sp³-hybridized carbons (Fsp3) is 0. The number of nitrogens with one attached hydrogen (secondary N) is 1. The van der Waals surface area contributed by atoms with Crippen LogP contribution in [-0.2, 0) is 0 Å². The number of halogens is 4. The highest BCUT2D eigenvalue weighted by Crippen LogP contribution is 2.26. The summed E-state index contributed by atoms with van der Waals surface area (Å²) < 4.78 is 27.2. The zero-order valence-electron chi connectivity index (χ0n) is 9.88. The van der Waals surface area contributed by atoms with Crippen molar-refractivity contribution in [1.82, 2.24) is 0 Å². The predicted octanol–water partition coefficient (Wildman–Crippen LogP) is 4.22. The molecule has 0 aliphatic rings. The number of benzene rings is 2. The molecule has 0 unspecified atom stereocenters. The number of anilines is 2. The molecule has 1 amide bonds. The van der Waals surface area contributed by atoms with E-state index in [0.717, 1.165) is 12.1 Å². The van der Waals surface area contributed by atoms with E-state index in [4.69, 9.17) is 17.3 Å². The summed E-state index contributed by atoms with van der Waals surface area (Å²) in [5.74, 6) is -2.61. The fourth-order valence-electron chi connectivity index (χ4n) is 1.49. The summed E-state index contributed by atoms with van der Waals surface area (Å²) in [5, 5.41) is 2.98. The molecule has 0 bridgehead atoms. The molecule has 0 spiro atoms. The average Bonchev–Trinajstić information content (AvgIpc) is 2.39. The van der Waals surface area contributed by atoms with Crippen LogP contribution in [0.4, 0.5) is 20.2 Å². The van der Waals surface area contributed by atoms with E-state index in [-0.39, 0.29) is 5.56 Å². The first-order valence-corrected chi connectivity index (χ1v) is 6.56. The Bertz CT molecular complexity index is 671. The first-order valence-electron chi connectivity index (χ1n) is 5.39. The smallest absolute Gasteiger partial charge is 0.255 e. The van der Waals surface area contributed by atoms with Crippen molar-refractivity contribution in [2.45, 2.75) is 0 Å². The molecular formula is C13H8BrClF2N2O. The molecule has 3 N–H and O–H groups in total. The lowest BCUT2D eigenvalue weighted by Gasteiger charge is -2.08. The van der Waals surface area contributed by atoms with Crippen LogP contribution in [0, 0.1) is 11.6 Å². The van der Waals surface area contributed by atoms with Crippen molar-refractivity contribution in [1.29, 1.82) is 0 Å². The van der Waals surface area contributed by atoms with Crippen molar-refractivity contribution >= 4 is 44.8 Å². The topological polar surface area (TPSA) is 55.1 Å². The number of carbonyl (C=O) groups is 1. The van der Waals surface area contributed by atoms with Gasteiger partial charge in [0.2, 0.25) is 0 Å². The van der Waals surface area contributed by atoms with Gasteiger partial charge in [0.05, 0.1) is 5.02 Å². The van der Waals surface area contributed by atoms with Gasteiger partial charge in [-0.25, -0.2) is 8.78 Å². The van der Waals surface area contributed by atoms with Crippen molar-refractivity contribution in [3.05, 3.63) is 57.0 Å². The van der Waals surface area contributed by atoms with E-state index in [2.05, 4.69) is 21.2 Å². The van der Waals surface area contributed by atoms with Gasteiger partial charge in [0.1, 0.15) is 17.3 Å². The summed E-state index contributed by atoms with van der Waals surface area (Å²) in [6.45, 7) is 0. The highest BCUT2D eigenvalue weighted by molar-refractivity contribution is 9.10. The highest BCUT2D eigenvalue weighted by atomic mass is 79.9. The van der Waals surface area contributed by atoms with Gasteiger partial charge in [-0.3, -0.25) is 4.79 Å². The van der Waals surface area contributed by atoms with Gasteiger partial charge in [-0.2, -0.15) is 0 Å². The maximum Gasteiger partial charge on any atom is 0.255 e. The normalized spacial score (nSPS) is 10.4. The Morgan fingerprint density at radius 2 is 1.80 bits per heavy atom. The Labute approximate surface area is 126 Å². The molecule has 2 aromatic carbocycles. The van der Waals surface area contributed by atoms with Gasteiger partial charge in [-0.1, -0.05) is 11.6 Å². The average molecular weight is 362 g/mol. The standard InChI is InChI=1S/C13H8BrClF2N2O/c14-8-5-7(1-2-9(8)15)19-13(20)6-3-10(16)12(18)11(17)4-6/h1-5H,18H2,(H,19,20). The first kappa shape index (κ1) is 14.7. The van der Waals surface area contributed by atoms with Gasteiger partial charge in [-0.05, 0) is 46.3 Å². The third-order valence-electron chi connectivity index (χ3n) is 2.52. The maximum absolute atomic E-state index is 13.3. The molecule has 0 fully saturated rings. The molecule has 3 nitrogen and oxygen atoms in total. The molecule has 0 aromatic heterocycles. The zero-order valence-corrected chi connectivity index (χ0v) is 12.2. The molecule has 0 aliphatic heterocycles. The number of hydrogen-bond acceptors (Lipinski definition) is 2. The number of amides is 1.